The van der Waals surface area contributed by atoms with Crippen LogP contribution in [0.5, 0.6) is 11.5 Å². The molecule has 3 heterocycles. The second kappa shape index (κ2) is 9.09. The van der Waals surface area contributed by atoms with E-state index in [1.807, 2.05) is 30.6 Å². The SMILES string of the molecule is COc1ccc(-c2cc(C3CCCCCN3Cc3ccncc3)no2)cc1OC. The van der Waals surface area contributed by atoms with Crippen molar-refractivity contribution < 1.29 is 14.0 Å². The van der Waals surface area contributed by atoms with Gasteiger partial charge in [-0.1, -0.05) is 18.0 Å². The van der Waals surface area contributed by atoms with Gasteiger partial charge >= 0.3 is 0 Å². The van der Waals surface area contributed by atoms with Gasteiger partial charge in [-0.3, -0.25) is 9.88 Å². The normalized spacial score (nSPS) is 17.7. The van der Waals surface area contributed by atoms with Gasteiger partial charge in [0.1, 0.15) is 5.69 Å². The van der Waals surface area contributed by atoms with Gasteiger partial charge in [0, 0.05) is 30.6 Å². The first-order chi connectivity index (χ1) is 14.3. The highest BCUT2D eigenvalue weighted by atomic mass is 16.5. The molecule has 152 valence electrons. The molecule has 0 radical (unpaired) electrons. The molecule has 6 heteroatoms. The Morgan fingerprint density at radius 3 is 2.62 bits per heavy atom. The monoisotopic (exact) mass is 393 g/mol. The lowest BCUT2D eigenvalue weighted by Crippen LogP contribution is -2.28. The second-order valence-corrected chi connectivity index (χ2v) is 7.38. The largest absolute Gasteiger partial charge is 0.493 e. The fraction of sp³-hybridized carbons (Fsp3) is 0.391. The third kappa shape index (κ3) is 4.43. The zero-order chi connectivity index (χ0) is 20.1. The summed E-state index contributed by atoms with van der Waals surface area (Å²) in [5.74, 6) is 2.12. The van der Waals surface area contributed by atoms with Crippen LogP contribution < -0.4 is 9.47 Å². The quantitative estimate of drug-likeness (QED) is 0.595. The molecule has 1 fully saturated rings. The highest BCUT2D eigenvalue weighted by Crippen LogP contribution is 2.36. The average Bonchev–Trinajstić information content (AvgIpc) is 3.14. The molecule has 6 nitrogen and oxygen atoms in total. The van der Waals surface area contributed by atoms with Crippen LogP contribution in [0.15, 0.2) is 53.3 Å². The van der Waals surface area contributed by atoms with E-state index < -0.39 is 0 Å². The van der Waals surface area contributed by atoms with E-state index in [9.17, 15) is 0 Å². The average molecular weight is 393 g/mol. The number of aromatic nitrogens is 2. The van der Waals surface area contributed by atoms with Gasteiger partial charge in [0.05, 0.1) is 20.3 Å². The number of likely N-dealkylation sites (tertiary alicyclic amines) is 1. The van der Waals surface area contributed by atoms with Crippen molar-refractivity contribution in [1.82, 2.24) is 15.0 Å². The molecule has 1 saturated heterocycles. The molecule has 1 aromatic carbocycles. The van der Waals surface area contributed by atoms with Gasteiger partial charge < -0.3 is 14.0 Å². The van der Waals surface area contributed by atoms with Crippen molar-refractivity contribution >= 4 is 0 Å². The zero-order valence-electron chi connectivity index (χ0n) is 17.0. The molecule has 2 aromatic heterocycles. The molecule has 0 saturated carbocycles. The first kappa shape index (κ1) is 19.5. The molecule has 0 spiro atoms. The van der Waals surface area contributed by atoms with Crippen molar-refractivity contribution in [2.75, 3.05) is 20.8 Å². The van der Waals surface area contributed by atoms with Crippen LogP contribution in [0.2, 0.25) is 0 Å². The topological polar surface area (TPSA) is 60.6 Å². The van der Waals surface area contributed by atoms with Crippen molar-refractivity contribution in [3.8, 4) is 22.8 Å². The molecule has 4 rings (SSSR count). The first-order valence-electron chi connectivity index (χ1n) is 10.1. The first-order valence-corrected chi connectivity index (χ1v) is 10.1. The summed E-state index contributed by atoms with van der Waals surface area (Å²) in [6, 6.07) is 12.3. The summed E-state index contributed by atoms with van der Waals surface area (Å²) >= 11 is 0. The molecule has 29 heavy (non-hydrogen) atoms. The van der Waals surface area contributed by atoms with Crippen molar-refractivity contribution in [3.63, 3.8) is 0 Å². The van der Waals surface area contributed by atoms with Gasteiger partial charge in [0.2, 0.25) is 0 Å². The van der Waals surface area contributed by atoms with E-state index in [0.29, 0.717) is 11.5 Å². The minimum Gasteiger partial charge on any atom is -0.493 e. The summed E-state index contributed by atoms with van der Waals surface area (Å²) in [4.78, 5) is 6.64. The Kier molecular flexibility index (Phi) is 6.10. The maximum absolute atomic E-state index is 5.73. The standard InChI is InChI=1S/C23H27N3O3/c1-27-21-8-7-18(14-23(21)28-2)22-15-19(25-29-22)20-6-4-3-5-13-26(20)16-17-9-11-24-12-10-17/h7-12,14-15,20H,3-6,13,16H2,1-2H3. The van der Waals surface area contributed by atoms with Crippen LogP contribution in [0.4, 0.5) is 0 Å². The Morgan fingerprint density at radius 1 is 1.00 bits per heavy atom. The van der Waals surface area contributed by atoms with Crippen molar-refractivity contribution in [3.05, 3.63) is 60.0 Å². The predicted molar refractivity (Wildman–Crippen MR) is 111 cm³/mol. The van der Waals surface area contributed by atoms with Gasteiger partial charge in [0.25, 0.3) is 0 Å². The minimum absolute atomic E-state index is 0.253. The van der Waals surface area contributed by atoms with Crippen LogP contribution in [0.3, 0.4) is 0 Å². The zero-order valence-corrected chi connectivity index (χ0v) is 17.0. The van der Waals surface area contributed by atoms with E-state index in [1.54, 1.807) is 14.2 Å². The Morgan fingerprint density at radius 2 is 1.83 bits per heavy atom. The predicted octanol–water partition coefficient (Wildman–Crippen LogP) is 4.87. The Hall–Kier alpha value is -2.86. The van der Waals surface area contributed by atoms with Crippen molar-refractivity contribution in [2.45, 2.75) is 38.3 Å². The summed E-state index contributed by atoms with van der Waals surface area (Å²) in [6.45, 7) is 1.96. The van der Waals surface area contributed by atoms with Crippen LogP contribution >= 0.6 is 0 Å². The number of ether oxygens (including phenoxy) is 2. The minimum atomic E-state index is 0.253. The third-order valence-electron chi connectivity index (χ3n) is 5.54. The lowest BCUT2D eigenvalue weighted by atomic mass is 10.0. The third-order valence-corrected chi connectivity index (χ3v) is 5.54. The number of benzene rings is 1. The van der Waals surface area contributed by atoms with Gasteiger partial charge in [-0.25, -0.2) is 0 Å². The Labute approximate surface area is 171 Å². The van der Waals surface area contributed by atoms with Crippen LogP contribution in [-0.2, 0) is 6.54 Å². The van der Waals surface area contributed by atoms with Gasteiger partial charge in [-0.05, 0) is 55.3 Å². The van der Waals surface area contributed by atoms with E-state index in [-0.39, 0.29) is 6.04 Å². The summed E-state index contributed by atoms with van der Waals surface area (Å²) in [7, 11) is 3.27. The maximum Gasteiger partial charge on any atom is 0.167 e. The number of rotatable bonds is 6. The molecule has 1 aliphatic heterocycles. The van der Waals surface area contributed by atoms with Gasteiger partial charge in [0.15, 0.2) is 17.3 Å². The van der Waals surface area contributed by atoms with Crippen LogP contribution in [0.25, 0.3) is 11.3 Å². The van der Waals surface area contributed by atoms with E-state index in [4.69, 9.17) is 14.0 Å². The summed E-state index contributed by atoms with van der Waals surface area (Å²) in [5.41, 5.74) is 3.19. The van der Waals surface area contributed by atoms with E-state index in [0.717, 1.165) is 36.5 Å². The van der Waals surface area contributed by atoms with E-state index >= 15 is 0 Å². The molecule has 0 bridgehead atoms. The number of nitrogens with zero attached hydrogens (tertiary/aromatic N) is 3. The molecule has 0 amide bonds. The van der Waals surface area contributed by atoms with Gasteiger partial charge in [-0.15, -0.1) is 0 Å². The Bertz CT molecular complexity index is 926. The molecule has 1 atom stereocenters. The lowest BCUT2D eigenvalue weighted by molar-refractivity contribution is 0.184. The molecular formula is C23H27N3O3. The van der Waals surface area contributed by atoms with Crippen molar-refractivity contribution in [2.24, 2.45) is 0 Å². The van der Waals surface area contributed by atoms with Crippen LogP contribution in [0.1, 0.15) is 43.0 Å². The summed E-state index contributed by atoms with van der Waals surface area (Å²) < 4.78 is 16.5. The molecule has 1 unspecified atom stereocenters. The smallest absolute Gasteiger partial charge is 0.167 e. The van der Waals surface area contributed by atoms with Gasteiger partial charge in [-0.2, -0.15) is 0 Å². The number of pyridine rings is 1. The summed E-state index contributed by atoms with van der Waals surface area (Å²) in [5, 5.41) is 4.45. The van der Waals surface area contributed by atoms with Crippen LogP contribution in [0, 0.1) is 0 Å². The molecule has 0 N–H and O–H groups in total. The Balaban J connectivity index is 1.59. The fourth-order valence-electron chi connectivity index (χ4n) is 3.99. The summed E-state index contributed by atoms with van der Waals surface area (Å²) in [6.07, 6.45) is 8.46. The fourth-order valence-corrected chi connectivity index (χ4v) is 3.99. The number of hydrogen-bond donors (Lipinski definition) is 0. The van der Waals surface area contributed by atoms with Crippen molar-refractivity contribution in [1.29, 1.82) is 0 Å². The molecule has 0 aliphatic carbocycles. The molecular weight excluding hydrogens is 366 g/mol. The molecule has 1 aliphatic rings. The van der Waals surface area contributed by atoms with Crippen LogP contribution in [-0.4, -0.2) is 35.8 Å². The maximum atomic E-state index is 5.73. The number of methoxy groups -OCH3 is 2. The highest BCUT2D eigenvalue weighted by molar-refractivity contribution is 5.62. The van der Waals surface area contributed by atoms with E-state index in [2.05, 4.69) is 33.2 Å². The second-order valence-electron chi connectivity index (χ2n) is 7.38. The highest BCUT2D eigenvalue weighted by Gasteiger charge is 2.26. The lowest BCUT2D eigenvalue weighted by Gasteiger charge is -2.28. The van der Waals surface area contributed by atoms with E-state index in [1.165, 1.54) is 24.8 Å². The number of hydrogen-bond acceptors (Lipinski definition) is 6. The molecule has 3 aromatic rings.